The molecule has 0 saturated carbocycles. The molecule has 140 valence electrons. The zero-order valence-corrected chi connectivity index (χ0v) is 15.5. The maximum atomic E-state index is 13.9. The number of carbonyl (C=O) groups is 2. The van der Waals surface area contributed by atoms with Crippen molar-refractivity contribution in [2.24, 2.45) is 5.92 Å². The molecule has 1 aliphatic heterocycles. The summed E-state index contributed by atoms with van der Waals surface area (Å²) in [5, 5.41) is 2.57. The third kappa shape index (κ3) is 4.95. The fourth-order valence-electron chi connectivity index (χ4n) is 3.03. The summed E-state index contributed by atoms with van der Waals surface area (Å²) in [5.74, 6) is -1.21. The SMILES string of the molecule is O=C(Nc1cccc(Cl)c1F)C1CCN(C(=O)C=Cc2ccccc2)CC1. The first-order chi connectivity index (χ1) is 13.0. The minimum atomic E-state index is -0.633. The number of benzene rings is 2. The van der Waals surface area contributed by atoms with E-state index in [1.54, 1.807) is 23.1 Å². The molecule has 0 aromatic heterocycles. The Morgan fingerprint density at radius 2 is 1.78 bits per heavy atom. The zero-order chi connectivity index (χ0) is 19.2. The molecular weight excluding hydrogens is 367 g/mol. The van der Waals surface area contributed by atoms with Crippen LogP contribution >= 0.6 is 11.6 Å². The molecule has 0 radical (unpaired) electrons. The Bertz CT molecular complexity index is 847. The Morgan fingerprint density at radius 1 is 1.07 bits per heavy atom. The number of piperidine rings is 1. The Balaban J connectivity index is 1.52. The Labute approximate surface area is 162 Å². The molecule has 1 N–H and O–H groups in total. The molecular formula is C21H20ClFN2O2. The molecule has 0 atom stereocenters. The van der Waals surface area contributed by atoms with Crippen molar-refractivity contribution in [2.75, 3.05) is 18.4 Å². The summed E-state index contributed by atoms with van der Waals surface area (Å²) in [6.45, 7) is 0.988. The van der Waals surface area contributed by atoms with Crippen LogP contribution in [0.1, 0.15) is 18.4 Å². The van der Waals surface area contributed by atoms with Gasteiger partial charge in [-0.25, -0.2) is 4.39 Å². The average molecular weight is 387 g/mol. The van der Waals surface area contributed by atoms with Crippen molar-refractivity contribution in [2.45, 2.75) is 12.8 Å². The molecule has 0 unspecified atom stereocenters. The molecule has 4 nitrogen and oxygen atoms in total. The molecule has 27 heavy (non-hydrogen) atoms. The van der Waals surface area contributed by atoms with Gasteiger partial charge in [0.1, 0.15) is 0 Å². The van der Waals surface area contributed by atoms with E-state index >= 15 is 0 Å². The van der Waals surface area contributed by atoms with Gasteiger partial charge < -0.3 is 10.2 Å². The molecule has 0 spiro atoms. The van der Waals surface area contributed by atoms with E-state index in [1.807, 2.05) is 30.3 Å². The van der Waals surface area contributed by atoms with Gasteiger partial charge in [0.15, 0.2) is 5.82 Å². The lowest BCUT2D eigenvalue weighted by molar-refractivity contribution is -0.130. The largest absolute Gasteiger partial charge is 0.339 e. The van der Waals surface area contributed by atoms with Gasteiger partial charge in [-0.15, -0.1) is 0 Å². The first kappa shape index (κ1) is 19.1. The van der Waals surface area contributed by atoms with Gasteiger partial charge in [0.2, 0.25) is 11.8 Å². The maximum absolute atomic E-state index is 13.9. The van der Waals surface area contributed by atoms with E-state index in [2.05, 4.69) is 5.32 Å². The Kier molecular flexibility index (Phi) is 6.24. The molecule has 2 aromatic carbocycles. The summed E-state index contributed by atoms with van der Waals surface area (Å²) in [5.41, 5.74) is 1.04. The van der Waals surface area contributed by atoms with E-state index in [1.165, 1.54) is 12.1 Å². The number of hydrogen-bond acceptors (Lipinski definition) is 2. The highest BCUT2D eigenvalue weighted by Crippen LogP contribution is 2.24. The normalized spacial score (nSPS) is 15.1. The second-order valence-electron chi connectivity index (χ2n) is 6.43. The van der Waals surface area contributed by atoms with Crippen LogP contribution in [0.25, 0.3) is 6.08 Å². The van der Waals surface area contributed by atoms with Gasteiger partial charge in [0.25, 0.3) is 0 Å². The van der Waals surface area contributed by atoms with Gasteiger partial charge >= 0.3 is 0 Å². The lowest BCUT2D eigenvalue weighted by atomic mass is 9.95. The summed E-state index contributed by atoms with van der Waals surface area (Å²) in [4.78, 5) is 26.4. The quantitative estimate of drug-likeness (QED) is 0.793. The molecule has 1 saturated heterocycles. The fourth-order valence-corrected chi connectivity index (χ4v) is 3.21. The van der Waals surface area contributed by atoms with Crippen LogP contribution in [0, 0.1) is 11.7 Å². The first-order valence-electron chi connectivity index (χ1n) is 8.81. The second-order valence-corrected chi connectivity index (χ2v) is 6.84. The number of rotatable bonds is 4. The van der Waals surface area contributed by atoms with Crippen molar-refractivity contribution in [3.8, 4) is 0 Å². The van der Waals surface area contributed by atoms with Crippen LogP contribution < -0.4 is 5.32 Å². The summed E-state index contributed by atoms with van der Waals surface area (Å²) in [7, 11) is 0. The third-order valence-corrected chi connectivity index (χ3v) is 4.90. The lowest BCUT2D eigenvalue weighted by Gasteiger charge is -2.30. The van der Waals surface area contributed by atoms with Crippen molar-refractivity contribution < 1.29 is 14.0 Å². The lowest BCUT2D eigenvalue weighted by Crippen LogP contribution is -2.40. The fraction of sp³-hybridized carbons (Fsp3) is 0.238. The highest BCUT2D eigenvalue weighted by atomic mass is 35.5. The molecule has 0 bridgehead atoms. The number of halogens is 2. The standard InChI is InChI=1S/C21H20ClFN2O2/c22-17-7-4-8-18(20(17)23)24-21(27)16-11-13-25(14-12-16)19(26)10-9-15-5-2-1-3-6-15/h1-10,16H,11-14H2,(H,24,27). The van der Waals surface area contributed by atoms with E-state index in [-0.39, 0.29) is 28.4 Å². The molecule has 2 amide bonds. The van der Waals surface area contributed by atoms with E-state index in [4.69, 9.17) is 11.6 Å². The minimum Gasteiger partial charge on any atom is -0.339 e. The van der Waals surface area contributed by atoms with Gasteiger partial charge in [-0.2, -0.15) is 0 Å². The highest BCUT2D eigenvalue weighted by Gasteiger charge is 2.27. The second kappa shape index (κ2) is 8.82. The van der Waals surface area contributed by atoms with Crippen molar-refractivity contribution in [1.82, 2.24) is 4.90 Å². The first-order valence-corrected chi connectivity index (χ1v) is 9.19. The topological polar surface area (TPSA) is 49.4 Å². The van der Waals surface area contributed by atoms with Crippen LogP contribution in [0.15, 0.2) is 54.6 Å². The van der Waals surface area contributed by atoms with E-state index in [9.17, 15) is 14.0 Å². The predicted octanol–water partition coefficient (Wildman–Crippen LogP) is 4.37. The van der Waals surface area contributed by atoms with Crippen LogP contribution in [0.4, 0.5) is 10.1 Å². The number of hydrogen-bond donors (Lipinski definition) is 1. The van der Waals surface area contributed by atoms with Gasteiger partial charge in [-0.3, -0.25) is 9.59 Å². The highest BCUT2D eigenvalue weighted by molar-refractivity contribution is 6.31. The number of amides is 2. The minimum absolute atomic E-state index is 0.0292. The number of carbonyl (C=O) groups excluding carboxylic acids is 2. The Hall–Kier alpha value is -2.66. The predicted molar refractivity (Wildman–Crippen MR) is 105 cm³/mol. The average Bonchev–Trinajstić information content (AvgIpc) is 2.70. The van der Waals surface area contributed by atoms with Crippen LogP contribution in [0.5, 0.6) is 0 Å². The number of anilines is 1. The molecule has 6 heteroatoms. The number of likely N-dealkylation sites (tertiary alicyclic amines) is 1. The van der Waals surface area contributed by atoms with Crippen LogP contribution in [0.2, 0.25) is 5.02 Å². The van der Waals surface area contributed by atoms with Crippen molar-refractivity contribution >= 4 is 35.2 Å². The molecule has 1 fully saturated rings. The van der Waals surface area contributed by atoms with E-state index in [0.29, 0.717) is 25.9 Å². The molecule has 1 aliphatic rings. The van der Waals surface area contributed by atoms with Crippen molar-refractivity contribution in [1.29, 1.82) is 0 Å². The smallest absolute Gasteiger partial charge is 0.246 e. The monoisotopic (exact) mass is 386 g/mol. The van der Waals surface area contributed by atoms with Gasteiger partial charge in [-0.05, 0) is 36.6 Å². The molecule has 2 aromatic rings. The molecule has 3 rings (SSSR count). The Morgan fingerprint density at radius 3 is 2.48 bits per heavy atom. The van der Waals surface area contributed by atoms with Crippen LogP contribution in [0.3, 0.4) is 0 Å². The summed E-state index contributed by atoms with van der Waals surface area (Å²) >= 11 is 5.73. The van der Waals surface area contributed by atoms with Crippen molar-refractivity contribution in [3.63, 3.8) is 0 Å². The van der Waals surface area contributed by atoms with Gasteiger partial charge in [0.05, 0.1) is 10.7 Å². The summed E-state index contributed by atoms with van der Waals surface area (Å²) < 4.78 is 13.9. The summed E-state index contributed by atoms with van der Waals surface area (Å²) in [6, 6.07) is 14.1. The third-order valence-electron chi connectivity index (χ3n) is 4.60. The van der Waals surface area contributed by atoms with Crippen LogP contribution in [-0.4, -0.2) is 29.8 Å². The van der Waals surface area contributed by atoms with Crippen LogP contribution in [-0.2, 0) is 9.59 Å². The van der Waals surface area contributed by atoms with E-state index in [0.717, 1.165) is 5.56 Å². The maximum Gasteiger partial charge on any atom is 0.246 e. The van der Waals surface area contributed by atoms with Crippen molar-refractivity contribution in [3.05, 3.63) is 71.0 Å². The van der Waals surface area contributed by atoms with Gasteiger partial charge in [0, 0.05) is 25.1 Å². The van der Waals surface area contributed by atoms with E-state index < -0.39 is 5.82 Å². The number of nitrogens with one attached hydrogen (secondary N) is 1. The number of nitrogens with zero attached hydrogens (tertiary/aromatic N) is 1. The molecule has 0 aliphatic carbocycles. The molecule has 1 heterocycles. The van der Waals surface area contributed by atoms with Gasteiger partial charge in [-0.1, -0.05) is 48.0 Å². The zero-order valence-electron chi connectivity index (χ0n) is 14.7. The summed E-state index contributed by atoms with van der Waals surface area (Å²) in [6.07, 6.45) is 4.41.